The number of nitrogens with two attached hydrogens (primary N) is 1. The van der Waals surface area contributed by atoms with Gasteiger partial charge in [-0.15, -0.1) is 0 Å². The van der Waals surface area contributed by atoms with E-state index in [1.165, 1.54) is 0 Å². The lowest BCUT2D eigenvalue weighted by atomic mass is 10.0. The molecule has 0 unspecified atom stereocenters. The Morgan fingerprint density at radius 1 is 1.43 bits per heavy atom. The van der Waals surface area contributed by atoms with Gasteiger partial charge in [0.1, 0.15) is 0 Å². The molecule has 0 saturated carbocycles. The van der Waals surface area contributed by atoms with Gasteiger partial charge in [0.2, 0.25) is 5.91 Å². The SMILES string of the molecule is N#Cc1ccc2c(c1)N(N)C(=O)CC2. The molecule has 0 atom stereocenters. The van der Waals surface area contributed by atoms with E-state index in [4.69, 9.17) is 11.1 Å². The summed E-state index contributed by atoms with van der Waals surface area (Å²) in [6, 6.07) is 7.25. The molecule has 0 saturated heterocycles. The monoisotopic (exact) mass is 187 g/mol. The van der Waals surface area contributed by atoms with Gasteiger partial charge in [0.15, 0.2) is 0 Å². The molecule has 1 heterocycles. The first-order chi connectivity index (χ1) is 6.72. The van der Waals surface area contributed by atoms with Gasteiger partial charge in [0.05, 0.1) is 17.3 Å². The summed E-state index contributed by atoms with van der Waals surface area (Å²) in [6.07, 6.45) is 1.14. The zero-order valence-electron chi connectivity index (χ0n) is 7.53. The maximum atomic E-state index is 11.3. The van der Waals surface area contributed by atoms with Crippen LogP contribution in [0.4, 0.5) is 5.69 Å². The molecule has 0 radical (unpaired) electrons. The summed E-state index contributed by atoms with van der Waals surface area (Å²) in [5.74, 6) is 5.48. The van der Waals surface area contributed by atoms with Crippen LogP contribution in [-0.2, 0) is 11.2 Å². The van der Waals surface area contributed by atoms with Gasteiger partial charge in [-0.2, -0.15) is 5.26 Å². The number of anilines is 1. The van der Waals surface area contributed by atoms with Crippen molar-refractivity contribution in [2.45, 2.75) is 12.8 Å². The minimum atomic E-state index is -0.104. The summed E-state index contributed by atoms with van der Waals surface area (Å²) in [6.45, 7) is 0. The molecule has 0 bridgehead atoms. The van der Waals surface area contributed by atoms with E-state index in [-0.39, 0.29) is 5.91 Å². The van der Waals surface area contributed by atoms with Crippen LogP contribution in [0.2, 0.25) is 0 Å². The summed E-state index contributed by atoms with van der Waals surface area (Å²) >= 11 is 0. The van der Waals surface area contributed by atoms with Crippen LogP contribution in [0.15, 0.2) is 18.2 Å². The fraction of sp³-hybridized carbons (Fsp3) is 0.200. The van der Waals surface area contributed by atoms with E-state index < -0.39 is 0 Å². The van der Waals surface area contributed by atoms with Gasteiger partial charge >= 0.3 is 0 Å². The predicted molar refractivity (Wildman–Crippen MR) is 51.2 cm³/mol. The lowest BCUT2D eigenvalue weighted by molar-refractivity contribution is -0.118. The molecule has 1 aliphatic rings. The van der Waals surface area contributed by atoms with Crippen molar-refractivity contribution in [2.24, 2.45) is 5.84 Å². The number of amides is 1. The molecule has 2 N–H and O–H groups in total. The Labute approximate surface area is 81.5 Å². The molecule has 1 aliphatic heterocycles. The molecule has 14 heavy (non-hydrogen) atoms. The standard InChI is InChI=1S/C10H9N3O/c11-6-7-1-2-8-3-4-10(14)13(12)9(8)5-7/h1-2,5H,3-4,12H2. The predicted octanol–water partition coefficient (Wildman–Crippen LogP) is 0.711. The van der Waals surface area contributed by atoms with Crippen LogP contribution < -0.4 is 10.9 Å². The third kappa shape index (κ3) is 1.24. The summed E-state index contributed by atoms with van der Waals surface area (Å²) in [4.78, 5) is 11.3. The van der Waals surface area contributed by atoms with E-state index >= 15 is 0 Å². The van der Waals surface area contributed by atoms with Crippen molar-refractivity contribution >= 4 is 11.6 Å². The second-order valence-corrected chi connectivity index (χ2v) is 3.22. The summed E-state index contributed by atoms with van der Waals surface area (Å²) in [5, 5.41) is 9.82. The van der Waals surface area contributed by atoms with Gasteiger partial charge < -0.3 is 0 Å². The van der Waals surface area contributed by atoms with E-state index in [0.717, 1.165) is 10.6 Å². The maximum Gasteiger partial charge on any atom is 0.241 e. The van der Waals surface area contributed by atoms with Crippen LogP contribution >= 0.6 is 0 Å². The smallest absolute Gasteiger partial charge is 0.241 e. The van der Waals surface area contributed by atoms with Crippen LogP contribution in [0.3, 0.4) is 0 Å². The Hall–Kier alpha value is -1.86. The molecule has 0 aliphatic carbocycles. The average molecular weight is 187 g/mol. The first-order valence-electron chi connectivity index (χ1n) is 4.33. The highest BCUT2D eigenvalue weighted by atomic mass is 16.2. The highest BCUT2D eigenvalue weighted by molar-refractivity contribution is 5.95. The van der Waals surface area contributed by atoms with Gasteiger partial charge in [-0.3, -0.25) is 4.79 Å². The Balaban J connectivity index is 2.52. The van der Waals surface area contributed by atoms with Crippen molar-refractivity contribution < 1.29 is 4.79 Å². The molecule has 0 aromatic heterocycles. The number of nitrogens with zero attached hydrogens (tertiary/aromatic N) is 2. The lowest BCUT2D eigenvalue weighted by Crippen LogP contribution is -2.40. The average Bonchev–Trinajstić information content (AvgIpc) is 2.23. The second kappa shape index (κ2) is 3.13. The molecule has 2 rings (SSSR count). The minimum absolute atomic E-state index is 0.104. The first kappa shape index (κ1) is 8.73. The molecule has 0 spiro atoms. The van der Waals surface area contributed by atoms with Crippen molar-refractivity contribution in [2.75, 3.05) is 5.01 Å². The minimum Gasteiger partial charge on any atom is -0.273 e. The Morgan fingerprint density at radius 3 is 2.93 bits per heavy atom. The molecule has 70 valence electrons. The lowest BCUT2D eigenvalue weighted by Gasteiger charge is -2.24. The number of fused-ring (bicyclic) bond motifs is 1. The van der Waals surface area contributed by atoms with Crippen LogP contribution in [0.5, 0.6) is 0 Å². The fourth-order valence-electron chi connectivity index (χ4n) is 1.57. The van der Waals surface area contributed by atoms with Gasteiger partial charge in [-0.1, -0.05) is 6.07 Å². The number of hydrazine groups is 1. The maximum absolute atomic E-state index is 11.3. The zero-order chi connectivity index (χ0) is 10.1. The molecule has 4 nitrogen and oxygen atoms in total. The van der Waals surface area contributed by atoms with Gasteiger partial charge in [-0.05, 0) is 24.1 Å². The van der Waals surface area contributed by atoms with Crippen LogP contribution in [-0.4, -0.2) is 5.91 Å². The molecule has 4 heteroatoms. The van der Waals surface area contributed by atoms with Crippen molar-refractivity contribution in [3.63, 3.8) is 0 Å². The van der Waals surface area contributed by atoms with Crippen molar-refractivity contribution in [3.8, 4) is 6.07 Å². The number of nitriles is 1. The van der Waals surface area contributed by atoms with E-state index in [2.05, 4.69) is 0 Å². The number of aryl methyl sites for hydroxylation is 1. The zero-order valence-corrected chi connectivity index (χ0v) is 7.53. The molecular formula is C10H9N3O. The van der Waals surface area contributed by atoms with E-state index in [1.54, 1.807) is 12.1 Å². The number of benzene rings is 1. The van der Waals surface area contributed by atoms with Crippen LogP contribution in [0.1, 0.15) is 17.5 Å². The molecule has 1 aromatic carbocycles. The molecule has 1 amide bonds. The van der Waals surface area contributed by atoms with Crippen molar-refractivity contribution in [3.05, 3.63) is 29.3 Å². The normalized spacial score (nSPS) is 14.9. The molecular weight excluding hydrogens is 178 g/mol. The highest BCUT2D eigenvalue weighted by Crippen LogP contribution is 2.26. The largest absolute Gasteiger partial charge is 0.273 e. The number of carbonyl (C=O) groups is 1. The topological polar surface area (TPSA) is 70.1 Å². The molecule has 1 aromatic rings. The summed E-state index contributed by atoms with van der Waals surface area (Å²) in [7, 11) is 0. The Bertz CT molecular complexity index is 433. The number of carbonyl (C=O) groups excluding carboxylic acids is 1. The van der Waals surface area contributed by atoms with Crippen LogP contribution in [0, 0.1) is 11.3 Å². The number of rotatable bonds is 0. The van der Waals surface area contributed by atoms with Crippen LogP contribution in [0.25, 0.3) is 0 Å². The van der Waals surface area contributed by atoms with Gasteiger partial charge in [0, 0.05) is 6.42 Å². The Kier molecular flexibility index (Phi) is 1.95. The fourth-order valence-corrected chi connectivity index (χ4v) is 1.57. The quantitative estimate of drug-likeness (QED) is 0.480. The van der Waals surface area contributed by atoms with Gasteiger partial charge in [0.25, 0.3) is 0 Å². The Morgan fingerprint density at radius 2 is 2.21 bits per heavy atom. The number of hydrogen-bond acceptors (Lipinski definition) is 3. The van der Waals surface area contributed by atoms with Crippen molar-refractivity contribution in [1.82, 2.24) is 0 Å². The second-order valence-electron chi connectivity index (χ2n) is 3.22. The third-order valence-corrected chi connectivity index (χ3v) is 2.35. The highest BCUT2D eigenvalue weighted by Gasteiger charge is 2.21. The van der Waals surface area contributed by atoms with E-state index in [0.29, 0.717) is 24.1 Å². The first-order valence-corrected chi connectivity index (χ1v) is 4.33. The molecule has 0 fully saturated rings. The van der Waals surface area contributed by atoms with E-state index in [1.807, 2.05) is 12.1 Å². The van der Waals surface area contributed by atoms with Crippen molar-refractivity contribution in [1.29, 1.82) is 5.26 Å². The summed E-state index contributed by atoms with van der Waals surface area (Å²) < 4.78 is 0. The third-order valence-electron chi connectivity index (χ3n) is 2.35. The van der Waals surface area contributed by atoms with E-state index in [9.17, 15) is 4.79 Å². The number of hydrogen-bond donors (Lipinski definition) is 1. The van der Waals surface area contributed by atoms with Gasteiger partial charge in [-0.25, -0.2) is 10.9 Å². The summed E-state index contributed by atoms with van der Waals surface area (Å²) in [5.41, 5.74) is 2.19.